The van der Waals surface area contributed by atoms with Gasteiger partial charge in [0, 0.05) is 23.7 Å². The maximum absolute atomic E-state index is 12.2. The van der Waals surface area contributed by atoms with Gasteiger partial charge in [-0.05, 0) is 32.1 Å². The Hall–Kier alpha value is -1.45. The predicted octanol–water partition coefficient (Wildman–Crippen LogP) is 2.06. The van der Waals surface area contributed by atoms with Gasteiger partial charge in [-0.15, -0.1) is 16.4 Å². The van der Waals surface area contributed by atoms with Crippen molar-refractivity contribution >= 4 is 29.0 Å². The Morgan fingerprint density at radius 1 is 1.52 bits per heavy atom. The first kappa shape index (κ1) is 18.3. The van der Waals surface area contributed by atoms with Crippen molar-refractivity contribution in [1.29, 1.82) is 0 Å². The van der Waals surface area contributed by atoms with E-state index in [1.54, 1.807) is 34.0 Å². The molecule has 1 aliphatic heterocycles. The van der Waals surface area contributed by atoms with Gasteiger partial charge in [-0.25, -0.2) is 4.98 Å². The summed E-state index contributed by atoms with van der Waals surface area (Å²) in [5, 5.41) is 17.5. The molecule has 3 rings (SSSR count). The van der Waals surface area contributed by atoms with Crippen LogP contribution >= 0.6 is 23.1 Å². The molecule has 0 aromatic carbocycles. The van der Waals surface area contributed by atoms with E-state index >= 15 is 0 Å². The molecule has 1 atom stereocenters. The van der Waals surface area contributed by atoms with Crippen LogP contribution in [-0.4, -0.2) is 44.7 Å². The lowest BCUT2D eigenvalue weighted by molar-refractivity contribution is 0.0945. The lowest BCUT2D eigenvalue weighted by Crippen LogP contribution is -2.34. The molecule has 3 heterocycles. The van der Waals surface area contributed by atoms with E-state index in [0.717, 1.165) is 36.0 Å². The number of aryl methyl sites for hydroxylation is 1. The zero-order valence-electron chi connectivity index (χ0n) is 14.4. The number of nitrogens with zero attached hydrogens (tertiary/aromatic N) is 4. The highest BCUT2D eigenvalue weighted by Crippen LogP contribution is 2.15. The first-order chi connectivity index (χ1) is 12.2. The monoisotopic (exact) mass is 380 g/mol. The van der Waals surface area contributed by atoms with Gasteiger partial charge in [0.2, 0.25) is 0 Å². The molecule has 2 N–H and O–H groups in total. The van der Waals surface area contributed by atoms with E-state index in [2.05, 4.69) is 32.2 Å². The van der Waals surface area contributed by atoms with Gasteiger partial charge in [-0.3, -0.25) is 9.48 Å². The fraction of sp³-hybridized carbons (Fsp3) is 0.625. The highest BCUT2D eigenvalue weighted by molar-refractivity contribution is 7.97. The van der Waals surface area contributed by atoms with Crippen LogP contribution in [0.1, 0.15) is 46.9 Å². The number of nitrogens with one attached hydrogen (secondary N) is 2. The van der Waals surface area contributed by atoms with Crippen molar-refractivity contribution < 1.29 is 4.79 Å². The lowest BCUT2D eigenvalue weighted by Gasteiger charge is -2.23. The van der Waals surface area contributed by atoms with Crippen LogP contribution in [0.15, 0.2) is 11.6 Å². The van der Waals surface area contributed by atoms with Gasteiger partial charge in [0.1, 0.15) is 5.01 Å². The molecular formula is C16H24N6OS2. The van der Waals surface area contributed by atoms with Crippen LogP contribution in [0, 0.1) is 0 Å². The van der Waals surface area contributed by atoms with E-state index in [0.29, 0.717) is 18.3 Å². The van der Waals surface area contributed by atoms with Gasteiger partial charge in [0.25, 0.3) is 5.91 Å². The third kappa shape index (κ3) is 5.52. The maximum Gasteiger partial charge on any atom is 0.273 e. The molecule has 1 amide bonds. The summed E-state index contributed by atoms with van der Waals surface area (Å²) in [5.41, 5.74) is 1.24. The number of piperidine rings is 1. The summed E-state index contributed by atoms with van der Waals surface area (Å²) in [6.07, 6.45) is 8.56. The summed E-state index contributed by atoms with van der Waals surface area (Å²) < 4.78 is 1.75. The Kier molecular flexibility index (Phi) is 6.83. The molecule has 136 valence electrons. The van der Waals surface area contributed by atoms with E-state index in [1.165, 1.54) is 19.3 Å². The summed E-state index contributed by atoms with van der Waals surface area (Å²) in [7, 11) is 0. The fourth-order valence-electron chi connectivity index (χ4n) is 2.85. The number of carbonyl (C=O) groups excluding carboxylic acids is 1. The molecule has 2 aromatic rings. The topological polar surface area (TPSA) is 84.7 Å². The van der Waals surface area contributed by atoms with Gasteiger partial charge >= 0.3 is 0 Å². The molecule has 2 aromatic heterocycles. The molecule has 0 saturated carbocycles. The fourth-order valence-corrected chi connectivity index (χ4v) is 4.37. The molecule has 0 radical (unpaired) electrons. The number of carbonyl (C=O) groups is 1. The van der Waals surface area contributed by atoms with Crippen LogP contribution in [0.25, 0.3) is 0 Å². The van der Waals surface area contributed by atoms with Gasteiger partial charge < -0.3 is 10.6 Å². The van der Waals surface area contributed by atoms with E-state index in [9.17, 15) is 4.79 Å². The molecular weight excluding hydrogens is 356 g/mol. The molecule has 25 heavy (non-hydrogen) atoms. The molecule has 1 fully saturated rings. The van der Waals surface area contributed by atoms with E-state index in [4.69, 9.17) is 0 Å². The Morgan fingerprint density at radius 2 is 2.44 bits per heavy atom. The molecule has 1 saturated heterocycles. The SMILES string of the molecule is CSCc1nc(CNC(=O)c2cn(CCC3CCCCN3)nn2)cs1. The molecule has 1 aliphatic rings. The van der Waals surface area contributed by atoms with Crippen molar-refractivity contribution in [3.05, 3.63) is 28.0 Å². The third-order valence-corrected chi connectivity index (χ3v) is 5.83. The Bertz CT molecular complexity index is 680. The van der Waals surface area contributed by atoms with Crippen LogP contribution in [0.5, 0.6) is 0 Å². The second-order valence-electron chi connectivity index (χ2n) is 6.15. The Morgan fingerprint density at radius 3 is 3.24 bits per heavy atom. The molecule has 0 bridgehead atoms. The number of hydrogen-bond acceptors (Lipinski definition) is 7. The first-order valence-corrected chi connectivity index (χ1v) is 10.9. The standard InChI is InChI=1S/C16H24N6OS2/c1-24-11-15-19-13(10-25-15)8-18-16(23)14-9-22(21-20-14)7-5-12-4-2-3-6-17-12/h9-10,12,17H,2-8,11H2,1H3,(H,18,23). The minimum Gasteiger partial charge on any atom is -0.345 e. The van der Waals surface area contributed by atoms with E-state index < -0.39 is 0 Å². The quantitative estimate of drug-likeness (QED) is 0.729. The van der Waals surface area contributed by atoms with Crippen LogP contribution in [0.3, 0.4) is 0 Å². The van der Waals surface area contributed by atoms with E-state index in [1.807, 2.05) is 5.38 Å². The van der Waals surface area contributed by atoms with Gasteiger partial charge in [-0.2, -0.15) is 11.8 Å². The maximum atomic E-state index is 12.2. The highest BCUT2D eigenvalue weighted by atomic mass is 32.2. The Labute approximate surface area is 156 Å². The minimum absolute atomic E-state index is 0.207. The smallest absolute Gasteiger partial charge is 0.273 e. The van der Waals surface area contributed by atoms with Crippen molar-refractivity contribution in [2.45, 2.75) is 50.6 Å². The average Bonchev–Trinajstić information content (AvgIpc) is 3.29. The summed E-state index contributed by atoms with van der Waals surface area (Å²) in [4.78, 5) is 16.7. The van der Waals surface area contributed by atoms with Crippen molar-refractivity contribution in [2.24, 2.45) is 0 Å². The summed E-state index contributed by atoms with van der Waals surface area (Å²) in [6.45, 7) is 2.30. The van der Waals surface area contributed by atoms with Gasteiger partial charge in [0.15, 0.2) is 5.69 Å². The number of thioether (sulfide) groups is 1. The predicted molar refractivity (Wildman–Crippen MR) is 101 cm³/mol. The van der Waals surface area contributed by atoms with Crippen LogP contribution < -0.4 is 10.6 Å². The average molecular weight is 381 g/mol. The molecule has 9 heteroatoms. The number of aromatic nitrogens is 4. The van der Waals surface area contributed by atoms with Crippen molar-refractivity contribution in [1.82, 2.24) is 30.6 Å². The normalized spacial score (nSPS) is 17.6. The summed E-state index contributed by atoms with van der Waals surface area (Å²) in [5.74, 6) is 0.699. The molecule has 0 spiro atoms. The number of rotatable bonds is 8. The molecule has 1 unspecified atom stereocenters. The second kappa shape index (κ2) is 9.30. The molecule has 7 nitrogen and oxygen atoms in total. The zero-order chi connectivity index (χ0) is 17.5. The minimum atomic E-state index is -0.207. The van der Waals surface area contributed by atoms with Crippen molar-refractivity contribution in [3.63, 3.8) is 0 Å². The van der Waals surface area contributed by atoms with Crippen molar-refractivity contribution in [2.75, 3.05) is 12.8 Å². The zero-order valence-corrected chi connectivity index (χ0v) is 16.0. The van der Waals surface area contributed by atoms with Gasteiger partial charge in [-0.1, -0.05) is 11.6 Å². The highest BCUT2D eigenvalue weighted by Gasteiger charge is 2.14. The summed E-state index contributed by atoms with van der Waals surface area (Å²) in [6, 6.07) is 0.551. The number of thiazole rings is 1. The largest absolute Gasteiger partial charge is 0.345 e. The second-order valence-corrected chi connectivity index (χ2v) is 7.96. The lowest BCUT2D eigenvalue weighted by atomic mass is 10.0. The number of amides is 1. The van der Waals surface area contributed by atoms with Gasteiger partial charge in [0.05, 0.1) is 18.4 Å². The van der Waals surface area contributed by atoms with E-state index in [-0.39, 0.29) is 5.91 Å². The van der Waals surface area contributed by atoms with Crippen LogP contribution in [0.4, 0.5) is 0 Å². The number of hydrogen-bond donors (Lipinski definition) is 2. The van der Waals surface area contributed by atoms with Crippen LogP contribution in [0.2, 0.25) is 0 Å². The first-order valence-electron chi connectivity index (χ1n) is 8.58. The third-order valence-electron chi connectivity index (χ3n) is 4.19. The summed E-state index contributed by atoms with van der Waals surface area (Å²) >= 11 is 3.37. The Balaban J connectivity index is 1.44. The molecule has 0 aliphatic carbocycles. The van der Waals surface area contributed by atoms with Crippen molar-refractivity contribution in [3.8, 4) is 0 Å². The van der Waals surface area contributed by atoms with Crippen LogP contribution in [-0.2, 0) is 18.8 Å².